The van der Waals surface area contributed by atoms with Crippen LogP contribution in [-0.4, -0.2) is 13.1 Å². The van der Waals surface area contributed by atoms with Gasteiger partial charge in [-0.3, -0.25) is 0 Å². The average Bonchev–Trinajstić information content (AvgIpc) is 2.10. The van der Waals surface area contributed by atoms with Crippen molar-refractivity contribution in [3.63, 3.8) is 0 Å². The SMILES string of the molecule is CC(C)(C)[C@@H]1CCCNCC1. The summed E-state index contributed by atoms with van der Waals surface area (Å²) in [4.78, 5) is 0. The van der Waals surface area contributed by atoms with E-state index in [9.17, 15) is 0 Å². The molecule has 11 heavy (non-hydrogen) atoms. The second-order valence-corrected chi connectivity index (χ2v) is 4.74. The molecule has 1 heteroatoms. The van der Waals surface area contributed by atoms with Crippen molar-refractivity contribution in [2.45, 2.75) is 40.0 Å². The van der Waals surface area contributed by atoms with Crippen LogP contribution in [0.4, 0.5) is 0 Å². The normalized spacial score (nSPS) is 28.1. The van der Waals surface area contributed by atoms with Gasteiger partial charge in [0.1, 0.15) is 0 Å². The molecule has 0 unspecified atom stereocenters. The van der Waals surface area contributed by atoms with Crippen molar-refractivity contribution in [3.05, 3.63) is 0 Å². The first-order valence-corrected chi connectivity index (χ1v) is 4.81. The quantitative estimate of drug-likeness (QED) is 0.566. The van der Waals surface area contributed by atoms with Gasteiger partial charge in [-0.2, -0.15) is 0 Å². The van der Waals surface area contributed by atoms with E-state index in [1.54, 1.807) is 0 Å². The Labute approximate surface area is 70.6 Å². The highest BCUT2D eigenvalue weighted by Crippen LogP contribution is 2.32. The second kappa shape index (κ2) is 3.57. The molecule has 0 aromatic rings. The van der Waals surface area contributed by atoms with Gasteiger partial charge in [-0.25, -0.2) is 0 Å². The fourth-order valence-electron chi connectivity index (χ4n) is 1.89. The molecule has 0 saturated carbocycles. The van der Waals surface area contributed by atoms with Gasteiger partial charge in [0.25, 0.3) is 0 Å². The Morgan fingerprint density at radius 3 is 2.45 bits per heavy atom. The molecule has 0 radical (unpaired) electrons. The summed E-state index contributed by atoms with van der Waals surface area (Å²) in [6, 6.07) is 0. The molecule has 66 valence electrons. The molecule has 0 aromatic carbocycles. The molecule has 0 spiro atoms. The highest BCUT2D eigenvalue weighted by Gasteiger charge is 2.24. The lowest BCUT2D eigenvalue weighted by atomic mass is 9.77. The van der Waals surface area contributed by atoms with Crippen LogP contribution in [0.1, 0.15) is 40.0 Å². The van der Waals surface area contributed by atoms with Crippen LogP contribution in [0.25, 0.3) is 0 Å². The number of rotatable bonds is 0. The van der Waals surface area contributed by atoms with E-state index in [1.165, 1.54) is 32.4 Å². The average molecular weight is 155 g/mol. The van der Waals surface area contributed by atoms with Gasteiger partial charge in [-0.05, 0) is 43.7 Å². The minimum atomic E-state index is 0.520. The molecule has 1 atom stereocenters. The zero-order valence-electron chi connectivity index (χ0n) is 8.11. The summed E-state index contributed by atoms with van der Waals surface area (Å²) in [7, 11) is 0. The molecule has 1 aliphatic rings. The molecule has 0 aliphatic carbocycles. The maximum absolute atomic E-state index is 3.45. The predicted molar refractivity (Wildman–Crippen MR) is 49.7 cm³/mol. The highest BCUT2D eigenvalue weighted by molar-refractivity contribution is 4.77. The van der Waals surface area contributed by atoms with Gasteiger partial charge in [-0.1, -0.05) is 20.8 Å². The van der Waals surface area contributed by atoms with Crippen molar-refractivity contribution in [2.24, 2.45) is 11.3 Å². The number of hydrogen-bond acceptors (Lipinski definition) is 1. The smallest absolute Gasteiger partial charge is 0.00461 e. The molecule has 1 aliphatic heterocycles. The summed E-state index contributed by atoms with van der Waals surface area (Å²) in [5.74, 6) is 0.928. The van der Waals surface area contributed by atoms with Crippen molar-refractivity contribution in [3.8, 4) is 0 Å². The van der Waals surface area contributed by atoms with Crippen LogP contribution in [0.15, 0.2) is 0 Å². The molecular weight excluding hydrogens is 134 g/mol. The second-order valence-electron chi connectivity index (χ2n) is 4.74. The Balaban J connectivity index is 2.43. The van der Waals surface area contributed by atoms with Crippen molar-refractivity contribution in [1.29, 1.82) is 0 Å². The summed E-state index contributed by atoms with van der Waals surface area (Å²) < 4.78 is 0. The Kier molecular flexibility index (Phi) is 2.94. The first-order chi connectivity index (χ1) is 5.11. The number of hydrogen-bond donors (Lipinski definition) is 1. The summed E-state index contributed by atoms with van der Waals surface area (Å²) >= 11 is 0. The van der Waals surface area contributed by atoms with E-state index >= 15 is 0 Å². The van der Waals surface area contributed by atoms with Crippen LogP contribution in [0, 0.1) is 11.3 Å². The molecule has 0 amide bonds. The fourth-order valence-corrected chi connectivity index (χ4v) is 1.89. The van der Waals surface area contributed by atoms with E-state index < -0.39 is 0 Å². The van der Waals surface area contributed by atoms with Crippen LogP contribution in [0.5, 0.6) is 0 Å². The Hall–Kier alpha value is -0.0400. The molecular formula is C10H21N. The summed E-state index contributed by atoms with van der Waals surface area (Å²) in [5.41, 5.74) is 0.520. The van der Waals surface area contributed by atoms with E-state index in [-0.39, 0.29) is 0 Å². The zero-order valence-corrected chi connectivity index (χ0v) is 8.11. The van der Waals surface area contributed by atoms with Crippen LogP contribution < -0.4 is 5.32 Å². The Bertz CT molecular complexity index is 105. The maximum Gasteiger partial charge on any atom is -0.00461 e. The van der Waals surface area contributed by atoms with Gasteiger partial charge in [0.15, 0.2) is 0 Å². The van der Waals surface area contributed by atoms with E-state index in [2.05, 4.69) is 26.1 Å². The molecule has 0 bridgehead atoms. The monoisotopic (exact) mass is 155 g/mol. The predicted octanol–water partition coefficient (Wildman–Crippen LogP) is 2.42. The van der Waals surface area contributed by atoms with Gasteiger partial charge in [-0.15, -0.1) is 0 Å². The molecule has 1 N–H and O–H groups in total. The number of nitrogens with one attached hydrogen (secondary N) is 1. The lowest BCUT2D eigenvalue weighted by Gasteiger charge is -2.29. The van der Waals surface area contributed by atoms with Crippen molar-refractivity contribution in [2.75, 3.05) is 13.1 Å². The Morgan fingerprint density at radius 2 is 1.82 bits per heavy atom. The maximum atomic E-state index is 3.45. The van der Waals surface area contributed by atoms with E-state index in [1.807, 2.05) is 0 Å². The van der Waals surface area contributed by atoms with Crippen LogP contribution in [0.2, 0.25) is 0 Å². The summed E-state index contributed by atoms with van der Waals surface area (Å²) in [6.45, 7) is 9.55. The molecule has 1 fully saturated rings. The molecule has 1 heterocycles. The molecule has 1 saturated heterocycles. The Morgan fingerprint density at radius 1 is 1.09 bits per heavy atom. The largest absolute Gasteiger partial charge is 0.317 e. The van der Waals surface area contributed by atoms with E-state index in [0.717, 1.165) is 5.92 Å². The van der Waals surface area contributed by atoms with Crippen molar-refractivity contribution >= 4 is 0 Å². The fraction of sp³-hybridized carbons (Fsp3) is 1.00. The highest BCUT2D eigenvalue weighted by atomic mass is 14.9. The van der Waals surface area contributed by atoms with E-state index in [0.29, 0.717) is 5.41 Å². The van der Waals surface area contributed by atoms with Crippen LogP contribution in [-0.2, 0) is 0 Å². The first kappa shape index (κ1) is 9.05. The minimum absolute atomic E-state index is 0.520. The van der Waals surface area contributed by atoms with Gasteiger partial charge < -0.3 is 5.32 Å². The first-order valence-electron chi connectivity index (χ1n) is 4.81. The van der Waals surface area contributed by atoms with Gasteiger partial charge in [0.05, 0.1) is 0 Å². The summed E-state index contributed by atoms with van der Waals surface area (Å²) in [5, 5.41) is 3.45. The molecule has 0 aromatic heterocycles. The third-order valence-electron chi connectivity index (χ3n) is 2.80. The van der Waals surface area contributed by atoms with Crippen LogP contribution >= 0.6 is 0 Å². The lowest BCUT2D eigenvalue weighted by molar-refractivity contribution is 0.219. The van der Waals surface area contributed by atoms with Crippen molar-refractivity contribution in [1.82, 2.24) is 5.32 Å². The van der Waals surface area contributed by atoms with Gasteiger partial charge >= 0.3 is 0 Å². The summed E-state index contributed by atoms with van der Waals surface area (Å²) in [6.07, 6.45) is 4.14. The molecule has 1 nitrogen and oxygen atoms in total. The topological polar surface area (TPSA) is 12.0 Å². The third kappa shape index (κ3) is 2.82. The van der Waals surface area contributed by atoms with E-state index in [4.69, 9.17) is 0 Å². The van der Waals surface area contributed by atoms with Crippen molar-refractivity contribution < 1.29 is 0 Å². The minimum Gasteiger partial charge on any atom is -0.317 e. The van der Waals surface area contributed by atoms with Crippen LogP contribution in [0.3, 0.4) is 0 Å². The standard InChI is InChI=1S/C10H21N/c1-10(2,3)9-5-4-7-11-8-6-9/h9,11H,4-8H2,1-3H3/t9-/m1/s1. The zero-order chi connectivity index (χ0) is 8.32. The van der Waals surface area contributed by atoms with Gasteiger partial charge in [0, 0.05) is 0 Å². The molecule has 1 rings (SSSR count). The third-order valence-corrected chi connectivity index (χ3v) is 2.80. The van der Waals surface area contributed by atoms with Gasteiger partial charge in [0.2, 0.25) is 0 Å². The lowest BCUT2D eigenvalue weighted by Crippen LogP contribution is -2.21.